The molecule has 4 aromatic carbocycles. The van der Waals surface area contributed by atoms with Gasteiger partial charge in [0.1, 0.15) is 11.6 Å². The molecule has 10 heteroatoms. The van der Waals surface area contributed by atoms with Crippen LogP contribution in [0, 0.1) is 12.7 Å². The highest BCUT2D eigenvalue weighted by Crippen LogP contribution is 2.27. The van der Waals surface area contributed by atoms with E-state index in [4.69, 9.17) is 4.74 Å². The van der Waals surface area contributed by atoms with Crippen molar-refractivity contribution in [3.05, 3.63) is 119 Å². The molecule has 0 atom stereocenters. The van der Waals surface area contributed by atoms with Crippen molar-refractivity contribution >= 4 is 34.9 Å². The molecule has 5 rings (SSSR count). The van der Waals surface area contributed by atoms with Crippen LogP contribution in [-0.2, 0) is 6.54 Å². The third-order valence-corrected chi connectivity index (χ3v) is 7.64. The van der Waals surface area contributed by atoms with Crippen molar-refractivity contribution in [3.8, 4) is 5.75 Å². The molecule has 1 aliphatic heterocycles. The van der Waals surface area contributed by atoms with E-state index in [0.717, 1.165) is 16.8 Å². The molecule has 232 valence electrons. The average Bonchev–Trinajstić information content (AvgIpc) is 3.32. The molecular weight excluding hydrogens is 573 g/mol. The van der Waals surface area contributed by atoms with Gasteiger partial charge in [-0.25, -0.2) is 9.18 Å². The summed E-state index contributed by atoms with van der Waals surface area (Å²) in [6, 6.07) is 25.4. The van der Waals surface area contributed by atoms with E-state index >= 15 is 0 Å². The molecule has 0 radical (unpaired) electrons. The van der Waals surface area contributed by atoms with Crippen LogP contribution in [0.2, 0.25) is 0 Å². The Morgan fingerprint density at radius 2 is 1.49 bits per heavy atom. The number of carbonyl (C=O) groups is 3. The minimum Gasteiger partial charge on any atom is -0.497 e. The zero-order valence-corrected chi connectivity index (χ0v) is 25.3. The molecule has 1 aliphatic rings. The highest BCUT2D eigenvalue weighted by Gasteiger charge is 2.23. The van der Waals surface area contributed by atoms with Crippen molar-refractivity contribution < 1.29 is 23.5 Å². The fraction of sp³-hybridized carbons (Fsp3) is 0.229. The molecule has 1 fully saturated rings. The first-order valence-corrected chi connectivity index (χ1v) is 14.8. The smallest absolute Gasteiger partial charge is 0.321 e. The number of methoxy groups -OCH3 is 1. The number of amides is 4. The fourth-order valence-electron chi connectivity index (χ4n) is 5.10. The Kier molecular flexibility index (Phi) is 9.93. The lowest BCUT2D eigenvalue weighted by atomic mass is 10.1. The van der Waals surface area contributed by atoms with Crippen molar-refractivity contribution in [1.29, 1.82) is 0 Å². The Bertz CT molecular complexity index is 1640. The van der Waals surface area contributed by atoms with Crippen molar-refractivity contribution in [3.63, 3.8) is 0 Å². The van der Waals surface area contributed by atoms with Gasteiger partial charge in [-0.15, -0.1) is 0 Å². The zero-order chi connectivity index (χ0) is 31.8. The second kappa shape index (κ2) is 14.4. The number of rotatable bonds is 8. The number of nitrogens with zero attached hydrogens (tertiary/aromatic N) is 2. The first-order chi connectivity index (χ1) is 21.8. The molecule has 1 heterocycles. The number of anilines is 3. The highest BCUT2D eigenvalue weighted by molar-refractivity contribution is 6.06. The van der Waals surface area contributed by atoms with Crippen LogP contribution in [0.3, 0.4) is 0 Å². The van der Waals surface area contributed by atoms with Gasteiger partial charge >= 0.3 is 6.03 Å². The van der Waals surface area contributed by atoms with Crippen molar-refractivity contribution in [2.45, 2.75) is 19.9 Å². The van der Waals surface area contributed by atoms with Gasteiger partial charge in [0.2, 0.25) is 0 Å². The molecule has 0 aliphatic carbocycles. The van der Waals surface area contributed by atoms with E-state index in [1.54, 1.807) is 60.5 Å². The number of nitrogens with one attached hydrogen (secondary N) is 3. The van der Waals surface area contributed by atoms with E-state index in [1.807, 2.05) is 37.3 Å². The van der Waals surface area contributed by atoms with Crippen LogP contribution < -0.4 is 25.6 Å². The van der Waals surface area contributed by atoms with Gasteiger partial charge in [-0.05, 0) is 85.6 Å². The van der Waals surface area contributed by atoms with E-state index in [2.05, 4.69) is 20.9 Å². The molecule has 4 amide bonds. The number of halogens is 1. The Hall–Kier alpha value is -5.38. The normalized spacial score (nSPS) is 13.0. The quantitative estimate of drug-likeness (QED) is 0.225. The summed E-state index contributed by atoms with van der Waals surface area (Å²) in [7, 11) is 1.56. The van der Waals surface area contributed by atoms with Gasteiger partial charge in [-0.1, -0.05) is 29.8 Å². The van der Waals surface area contributed by atoms with Gasteiger partial charge in [0.25, 0.3) is 11.8 Å². The largest absolute Gasteiger partial charge is 0.497 e. The van der Waals surface area contributed by atoms with Crippen LogP contribution >= 0.6 is 0 Å². The molecule has 0 bridgehead atoms. The van der Waals surface area contributed by atoms with Gasteiger partial charge in [0, 0.05) is 55.3 Å². The average molecular weight is 610 g/mol. The molecule has 1 saturated heterocycles. The summed E-state index contributed by atoms with van der Waals surface area (Å²) in [6.45, 7) is 4.36. The maximum atomic E-state index is 13.6. The third-order valence-electron chi connectivity index (χ3n) is 7.64. The summed E-state index contributed by atoms with van der Waals surface area (Å²) < 4.78 is 18.6. The zero-order valence-electron chi connectivity index (χ0n) is 25.3. The van der Waals surface area contributed by atoms with E-state index in [-0.39, 0.29) is 30.2 Å². The van der Waals surface area contributed by atoms with E-state index in [9.17, 15) is 18.8 Å². The lowest BCUT2D eigenvalue weighted by Gasteiger charge is -2.26. The number of hydrogen-bond acceptors (Lipinski definition) is 5. The minimum absolute atomic E-state index is 0.172. The Morgan fingerprint density at radius 3 is 2.20 bits per heavy atom. The van der Waals surface area contributed by atoms with Crippen LogP contribution in [0.4, 0.5) is 26.2 Å². The summed E-state index contributed by atoms with van der Waals surface area (Å²) in [4.78, 5) is 43.5. The first-order valence-electron chi connectivity index (χ1n) is 14.8. The predicted octanol–water partition coefficient (Wildman–Crippen LogP) is 6.07. The molecular formula is C35H36FN5O4. The maximum absolute atomic E-state index is 13.6. The van der Waals surface area contributed by atoms with Gasteiger partial charge < -0.3 is 30.5 Å². The number of hydrogen-bond donors (Lipinski definition) is 3. The second-order valence-electron chi connectivity index (χ2n) is 10.8. The standard InChI is InChI=1S/C35H36FN5O4/c1-24-4-12-28(13-5-24)39-35(44)41-19-3-18-40(20-21-41)32-17-14-29(38-33(42)26-8-15-30(45-2)16-9-26)22-31(32)34(43)37-23-25-6-10-27(36)11-7-25/h4-17,22H,3,18-21,23H2,1-2H3,(H,37,43)(H,38,42)(H,39,44). The molecule has 45 heavy (non-hydrogen) atoms. The summed E-state index contributed by atoms with van der Waals surface area (Å²) in [5.41, 5.74) is 4.57. The maximum Gasteiger partial charge on any atom is 0.321 e. The van der Waals surface area contributed by atoms with Gasteiger partial charge in [0.05, 0.1) is 12.7 Å². The second-order valence-corrected chi connectivity index (χ2v) is 10.8. The fourth-order valence-corrected chi connectivity index (χ4v) is 5.10. The molecule has 0 saturated carbocycles. The Balaban J connectivity index is 1.33. The van der Waals surface area contributed by atoms with Crippen LogP contribution in [0.25, 0.3) is 0 Å². The first kappa shape index (κ1) is 31.1. The predicted molar refractivity (Wildman–Crippen MR) is 174 cm³/mol. The van der Waals surface area contributed by atoms with Crippen LogP contribution in [0.1, 0.15) is 38.3 Å². The summed E-state index contributed by atoms with van der Waals surface area (Å²) in [5.74, 6) is -0.378. The highest BCUT2D eigenvalue weighted by atomic mass is 19.1. The minimum atomic E-state index is -0.351. The SMILES string of the molecule is COc1ccc(C(=O)Nc2ccc(N3CCCN(C(=O)Nc4ccc(C)cc4)CC3)c(C(=O)NCc3ccc(F)cc3)c2)cc1. The van der Waals surface area contributed by atoms with Crippen molar-refractivity contribution in [1.82, 2.24) is 10.2 Å². The van der Waals surface area contributed by atoms with Crippen molar-refractivity contribution in [2.24, 2.45) is 0 Å². The number of benzene rings is 4. The molecule has 0 aromatic heterocycles. The van der Waals surface area contributed by atoms with Gasteiger partial charge in [-0.2, -0.15) is 0 Å². The topological polar surface area (TPSA) is 103 Å². The summed E-state index contributed by atoms with van der Waals surface area (Å²) in [6.07, 6.45) is 0.702. The van der Waals surface area contributed by atoms with Crippen LogP contribution in [0.5, 0.6) is 5.75 Å². The number of ether oxygens (including phenoxy) is 1. The van der Waals surface area contributed by atoms with Crippen LogP contribution in [0.15, 0.2) is 91.0 Å². The van der Waals surface area contributed by atoms with Crippen LogP contribution in [-0.4, -0.2) is 56.0 Å². The lowest BCUT2D eigenvalue weighted by molar-refractivity contribution is 0.0950. The number of carbonyl (C=O) groups excluding carboxylic acids is 3. The van der Waals surface area contributed by atoms with E-state index < -0.39 is 0 Å². The summed E-state index contributed by atoms with van der Waals surface area (Å²) in [5, 5.41) is 8.77. The van der Waals surface area contributed by atoms with E-state index in [0.29, 0.717) is 60.9 Å². The molecule has 9 nitrogen and oxygen atoms in total. The van der Waals surface area contributed by atoms with E-state index in [1.165, 1.54) is 12.1 Å². The van der Waals surface area contributed by atoms with Gasteiger partial charge in [0.15, 0.2) is 0 Å². The Labute approximate surface area is 262 Å². The number of urea groups is 1. The van der Waals surface area contributed by atoms with Gasteiger partial charge in [-0.3, -0.25) is 9.59 Å². The number of aryl methyl sites for hydroxylation is 1. The lowest BCUT2D eigenvalue weighted by Crippen LogP contribution is -2.38. The molecule has 3 N–H and O–H groups in total. The molecule has 0 unspecified atom stereocenters. The molecule has 4 aromatic rings. The van der Waals surface area contributed by atoms with Crippen molar-refractivity contribution in [2.75, 3.05) is 48.8 Å². The molecule has 0 spiro atoms. The summed E-state index contributed by atoms with van der Waals surface area (Å²) >= 11 is 0. The third kappa shape index (κ3) is 8.17. The Morgan fingerprint density at radius 1 is 0.778 bits per heavy atom. The monoisotopic (exact) mass is 609 g/mol.